The van der Waals surface area contributed by atoms with Gasteiger partial charge in [-0.05, 0) is 38.0 Å². The molecule has 124 valence electrons. The van der Waals surface area contributed by atoms with Crippen molar-refractivity contribution < 1.29 is 24.6 Å². The average molecular weight is 321 g/mol. The van der Waals surface area contributed by atoms with Gasteiger partial charge in [-0.15, -0.1) is 0 Å². The number of carboxylic acid groups (broad SMARTS) is 2. The number of nitrogen functional groups attached to an aromatic ring is 1. The third kappa shape index (κ3) is 2.61. The maximum atomic E-state index is 12.5. The van der Waals surface area contributed by atoms with Gasteiger partial charge >= 0.3 is 11.9 Å². The second-order valence-electron chi connectivity index (χ2n) is 5.66. The van der Waals surface area contributed by atoms with Gasteiger partial charge in [0.05, 0.1) is 17.3 Å². The topological polar surface area (TPSA) is 147 Å². The molecule has 0 radical (unpaired) electrons. The third-order valence-corrected chi connectivity index (χ3v) is 4.10. The smallest absolute Gasteiger partial charge is 0.337 e. The van der Waals surface area contributed by atoms with E-state index < -0.39 is 29.3 Å². The molecule has 0 bridgehead atoms. The Bertz CT molecular complexity index is 673. The molecular formula is C15H19N3O5. The zero-order valence-electron chi connectivity index (χ0n) is 12.7. The van der Waals surface area contributed by atoms with E-state index in [1.54, 1.807) is 0 Å². The van der Waals surface area contributed by atoms with Crippen molar-refractivity contribution in [3.05, 3.63) is 23.8 Å². The van der Waals surface area contributed by atoms with Crippen LogP contribution >= 0.6 is 0 Å². The number of aromatic carboxylic acids is 1. The molecule has 1 fully saturated rings. The van der Waals surface area contributed by atoms with Crippen molar-refractivity contribution in [2.45, 2.75) is 31.3 Å². The Balaban J connectivity index is 2.66. The van der Waals surface area contributed by atoms with E-state index in [9.17, 15) is 24.6 Å². The van der Waals surface area contributed by atoms with Crippen LogP contribution in [0.15, 0.2) is 18.2 Å². The van der Waals surface area contributed by atoms with Gasteiger partial charge in [-0.3, -0.25) is 4.79 Å². The van der Waals surface area contributed by atoms with Gasteiger partial charge in [-0.25, -0.2) is 9.59 Å². The predicted molar refractivity (Wildman–Crippen MR) is 83.4 cm³/mol. The van der Waals surface area contributed by atoms with Crippen molar-refractivity contribution in [2.75, 3.05) is 17.2 Å². The molecule has 1 unspecified atom stereocenters. The molecule has 1 aromatic carbocycles. The Kier molecular flexibility index (Phi) is 4.28. The summed E-state index contributed by atoms with van der Waals surface area (Å²) in [5.41, 5.74) is 9.77. The van der Waals surface area contributed by atoms with Crippen LogP contribution in [0.5, 0.6) is 0 Å². The number of aliphatic carboxylic acids is 1. The van der Waals surface area contributed by atoms with E-state index in [4.69, 9.17) is 11.5 Å². The number of carbonyl (C=O) groups is 3. The van der Waals surface area contributed by atoms with Gasteiger partial charge in [0, 0.05) is 12.2 Å². The van der Waals surface area contributed by atoms with Gasteiger partial charge < -0.3 is 26.6 Å². The Morgan fingerprint density at radius 3 is 2.48 bits per heavy atom. The summed E-state index contributed by atoms with van der Waals surface area (Å²) in [5.74, 6) is -3.21. The summed E-state index contributed by atoms with van der Waals surface area (Å²) in [6.45, 7) is 1.65. The number of carbonyl (C=O) groups excluding carboxylic acids is 1. The van der Waals surface area contributed by atoms with Crippen molar-refractivity contribution in [3.8, 4) is 0 Å². The highest BCUT2D eigenvalue weighted by Crippen LogP contribution is 2.38. The fourth-order valence-electron chi connectivity index (χ4n) is 3.06. The molecule has 1 aromatic rings. The summed E-state index contributed by atoms with van der Waals surface area (Å²) in [4.78, 5) is 37.2. The molecular weight excluding hydrogens is 302 g/mol. The Hall–Kier alpha value is -2.61. The Morgan fingerprint density at radius 1 is 1.30 bits per heavy atom. The first kappa shape index (κ1) is 16.8. The Labute approximate surface area is 132 Å². The average Bonchev–Trinajstić information content (AvgIpc) is 2.91. The SMILES string of the molecule is CC(N)C(=O)[C@@]1(C(=O)O)CCCN1c1cc(N)ccc1C(=O)O. The molecule has 1 aliphatic heterocycles. The molecule has 2 rings (SSSR count). The minimum absolute atomic E-state index is 0.0660. The molecule has 8 nitrogen and oxygen atoms in total. The van der Waals surface area contributed by atoms with Crippen LogP contribution in [0.25, 0.3) is 0 Å². The zero-order chi connectivity index (χ0) is 17.4. The number of hydrogen-bond acceptors (Lipinski definition) is 6. The molecule has 0 aromatic heterocycles. The first-order valence-electron chi connectivity index (χ1n) is 7.15. The zero-order valence-corrected chi connectivity index (χ0v) is 12.7. The van der Waals surface area contributed by atoms with E-state index in [1.165, 1.54) is 30.0 Å². The van der Waals surface area contributed by atoms with E-state index >= 15 is 0 Å². The summed E-state index contributed by atoms with van der Waals surface area (Å²) in [5, 5.41) is 19.1. The maximum absolute atomic E-state index is 12.5. The molecule has 1 heterocycles. The first-order chi connectivity index (χ1) is 10.7. The van der Waals surface area contributed by atoms with Crippen LogP contribution in [0.2, 0.25) is 0 Å². The van der Waals surface area contributed by atoms with Crippen molar-refractivity contribution in [1.82, 2.24) is 0 Å². The van der Waals surface area contributed by atoms with E-state index in [0.717, 1.165) is 0 Å². The van der Waals surface area contributed by atoms with E-state index in [-0.39, 0.29) is 29.9 Å². The standard InChI is InChI=1S/C15H19N3O5/c1-8(16)12(19)15(14(22)23)5-2-6-18(15)11-7-9(17)3-4-10(11)13(20)21/h3-4,7-8H,2,5-6,16-17H2,1H3,(H,20,21)(H,22,23)/t8?,15-/m1/s1. The lowest BCUT2D eigenvalue weighted by Crippen LogP contribution is -2.61. The summed E-state index contributed by atoms with van der Waals surface area (Å²) in [7, 11) is 0. The van der Waals surface area contributed by atoms with Crippen molar-refractivity contribution in [3.63, 3.8) is 0 Å². The van der Waals surface area contributed by atoms with Gasteiger partial charge in [0.2, 0.25) is 0 Å². The normalized spacial score (nSPS) is 21.9. The summed E-state index contributed by atoms with van der Waals surface area (Å²) < 4.78 is 0. The number of hydrogen-bond donors (Lipinski definition) is 4. The minimum atomic E-state index is -1.87. The number of Topliss-reactive ketones (excluding diaryl/α,β-unsaturated/α-hetero) is 1. The van der Waals surface area contributed by atoms with Gasteiger partial charge in [-0.1, -0.05) is 0 Å². The first-order valence-corrected chi connectivity index (χ1v) is 7.15. The highest BCUT2D eigenvalue weighted by Gasteiger charge is 2.55. The lowest BCUT2D eigenvalue weighted by atomic mass is 9.86. The second kappa shape index (κ2) is 5.88. The van der Waals surface area contributed by atoms with Crippen LogP contribution in [-0.2, 0) is 9.59 Å². The minimum Gasteiger partial charge on any atom is -0.479 e. The van der Waals surface area contributed by atoms with E-state index in [2.05, 4.69) is 0 Å². The summed E-state index contributed by atoms with van der Waals surface area (Å²) in [6.07, 6.45) is 0.495. The number of carboxylic acids is 2. The fourth-order valence-corrected chi connectivity index (χ4v) is 3.06. The van der Waals surface area contributed by atoms with E-state index in [1.807, 2.05) is 0 Å². The van der Waals surface area contributed by atoms with Crippen LogP contribution in [0.1, 0.15) is 30.1 Å². The van der Waals surface area contributed by atoms with Crippen molar-refractivity contribution in [1.29, 1.82) is 0 Å². The molecule has 0 spiro atoms. The fraction of sp³-hybridized carbons (Fsp3) is 0.400. The van der Waals surface area contributed by atoms with Crippen LogP contribution in [0, 0.1) is 0 Å². The third-order valence-electron chi connectivity index (χ3n) is 4.10. The molecule has 1 aliphatic rings. The lowest BCUT2D eigenvalue weighted by molar-refractivity contribution is -0.148. The molecule has 2 atom stereocenters. The molecule has 0 aliphatic carbocycles. The van der Waals surface area contributed by atoms with Gasteiger partial charge in [0.25, 0.3) is 0 Å². The molecule has 0 saturated carbocycles. The number of anilines is 2. The second-order valence-corrected chi connectivity index (χ2v) is 5.66. The number of nitrogens with two attached hydrogens (primary N) is 2. The molecule has 8 heteroatoms. The number of benzene rings is 1. The number of rotatable bonds is 5. The van der Waals surface area contributed by atoms with Crippen LogP contribution < -0.4 is 16.4 Å². The number of ketones is 1. The summed E-state index contributed by atoms with van der Waals surface area (Å²) in [6, 6.07) is 3.11. The highest BCUT2D eigenvalue weighted by atomic mass is 16.4. The maximum Gasteiger partial charge on any atom is 0.337 e. The quantitative estimate of drug-likeness (QED) is 0.447. The van der Waals surface area contributed by atoms with Crippen molar-refractivity contribution in [2.24, 2.45) is 5.73 Å². The van der Waals surface area contributed by atoms with Crippen LogP contribution in [0.4, 0.5) is 11.4 Å². The van der Waals surface area contributed by atoms with Gasteiger partial charge in [-0.2, -0.15) is 0 Å². The molecule has 0 amide bonds. The largest absolute Gasteiger partial charge is 0.479 e. The summed E-state index contributed by atoms with van der Waals surface area (Å²) >= 11 is 0. The van der Waals surface area contributed by atoms with Crippen LogP contribution in [0.3, 0.4) is 0 Å². The highest BCUT2D eigenvalue weighted by molar-refractivity contribution is 6.14. The van der Waals surface area contributed by atoms with Gasteiger partial charge in [0.15, 0.2) is 11.3 Å². The molecule has 23 heavy (non-hydrogen) atoms. The Morgan fingerprint density at radius 2 is 1.96 bits per heavy atom. The monoisotopic (exact) mass is 321 g/mol. The van der Waals surface area contributed by atoms with Crippen LogP contribution in [-0.4, -0.2) is 46.1 Å². The van der Waals surface area contributed by atoms with Crippen molar-refractivity contribution >= 4 is 29.1 Å². The van der Waals surface area contributed by atoms with E-state index in [0.29, 0.717) is 6.42 Å². The predicted octanol–water partition coefficient (Wildman–Crippen LogP) is 0.307. The lowest BCUT2D eigenvalue weighted by Gasteiger charge is -2.36. The molecule has 6 N–H and O–H groups in total. The van der Waals surface area contributed by atoms with Gasteiger partial charge in [0.1, 0.15) is 0 Å². The molecule has 1 saturated heterocycles. The number of nitrogens with zero attached hydrogens (tertiary/aromatic N) is 1.